The van der Waals surface area contributed by atoms with E-state index in [2.05, 4.69) is 10.1 Å². The van der Waals surface area contributed by atoms with Gasteiger partial charge in [0.05, 0.1) is 5.56 Å². The number of halogens is 3. The molecule has 0 aromatic heterocycles. The number of esters is 1. The molecule has 27 heavy (non-hydrogen) atoms. The van der Waals surface area contributed by atoms with Crippen LogP contribution < -0.4 is 15.8 Å². The van der Waals surface area contributed by atoms with Gasteiger partial charge in [-0.2, -0.15) is 0 Å². The van der Waals surface area contributed by atoms with Crippen LogP contribution in [0.4, 0.5) is 18.9 Å². The quantitative estimate of drug-likeness (QED) is 0.592. The molecule has 0 aliphatic carbocycles. The second-order valence-electron chi connectivity index (χ2n) is 5.54. The molecule has 3 N–H and O–H groups in total. The van der Waals surface area contributed by atoms with Gasteiger partial charge in [-0.05, 0) is 24.6 Å². The molecule has 2 aromatic rings. The smallest absolute Gasteiger partial charge is 0.452 e. The number of aryl methyl sites for hydroxylation is 1. The summed E-state index contributed by atoms with van der Waals surface area (Å²) in [7, 11) is 0. The maximum Gasteiger partial charge on any atom is 0.573 e. The van der Waals surface area contributed by atoms with Gasteiger partial charge in [0, 0.05) is 17.8 Å². The Morgan fingerprint density at radius 3 is 2.52 bits per heavy atom. The molecule has 0 saturated carbocycles. The number of amides is 1. The SMILES string of the molecule is Cc1cccc(C(=O)OCC(=O)NCc2ccccc2OC(F)(F)F)c1N. The molecule has 0 bridgehead atoms. The number of para-hydroxylation sites is 2. The number of benzene rings is 2. The average Bonchev–Trinajstić information content (AvgIpc) is 2.60. The molecule has 6 nitrogen and oxygen atoms in total. The van der Waals surface area contributed by atoms with E-state index in [1.54, 1.807) is 19.1 Å². The fourth-order valence-corrected chi connectivity index (χ4v) is 2.19. The van der Waals surface area contributed by atoms with Gasteiger partial charge in [0.25, 0.3) is 5.91 Å². The molecule has 1 amide bonds. The molecule has 0 atom stereocenters. The Morgan fingerprint density at radius 2 is 1.81 bits per heavy atom. The van der Waals surface area contributed by atoms with Gasteiger partial charge < -0.3 is 20.5 Å². The molecular formula is C18H17F3N2O4. The topological polar surface area (TPSA) is 90.7 Å². The van der Waals surface area contributed by atoms with E-state index >= 15 is 0 Å². The van der Waals surface area contributed by atoms with Crippen molar-refractivity contribution in [1.82, 2.24) is 5.32 Å². The van der Waals surface area contributed by atoms with Crippen LogP contribution in [0.3, 0.4) is 0 Å². The number of hydrogen-bond acceptors (Lipinski definition) is 5. The number of nitrogens with one attached hydrogen (secondary N) is 1. The summed E-state index contributed by atoms with van der Waals surface area (Å²) in [5.74, 6) is -1.88. The zero-order valence-corrected chi connectivity index (χ0v) is 14.3. The Labute approximate surface area is 153 Å². The summed E-state index contributed by atoms with van der Waals surface area (Å²) in [4.78, 5) is 23.8. The Kier molecular flexibility index (Phi) is 6.27. The molecule has 0 saturated heterocycles. The van der Waals surface area contributed by atoms with Crippen molar-refractivity contribution in [2.75, 3.05) is 12.3 Å². The maximum absolute atomic E-state index is 12.4. The first-order valence-electron chi connectivity index (χ1n) is 7.80. The lowest BCUT2D eigenvalue weighted by Crippen LogP contribution is -2.29. The van der Waals surface area contributed by atoms with E-state index in [9.17, 15) is 22.8 Å². The van der Waals surface area contributed by atoms with Gasteiger partial charge in [0.15, 0.2) is 6.61 Å². The Hall–Kier alpha value is -3.23. The number of carbonyl (C=O) groups is 2. The fourth-order valence-electron chi connectivity index (χ4n) is 2.19. The van der Waals surface area contributed by atoms with Crippen molar-refractivity contribution in [2.45, 2.75) is 19.8 Å². The molecule has 0 unspecified atom stereocenters. The third kappa shape index (κ3) is 5.91. The van der Waals surface area contributed by atoms with Crippen molar-refractivity contribution < 1.29 is 32.2 Å². The van der Waals surface area contributed by atoms with Crippen LogP contribution in [-0.2, 0) is 16.1 Å². The molecule has 144 valence electrons. The summed E-state index contributed by atoms with van der Waals surface area (Å²) in [6.45, 7) is 0.892. The highest BCUT2D eigenvalue weighted by atomic mass is 19.4. The van der Waals surface area contributed by atoms with Gasteiger partial charge in [-0.15, -0.1) is 13.2 Å². The van der Waals surface area contributed by atoms with Crippen LogP contribution in [0.5, 0.6) is 5.75 Å². The number of ether oxygens (including phenoxy) is 2. The van der Waals surface area contributed by atoms with Crippen LogP contribution in [0.1, 0.15) is 21.5 Å². The van der Waals surface area contributed by atoms with Crippen LogP contribution >= 0.6 is 0 Å². The van der Waals surface area contributed by atoms with Crippen molar-refractivity contribution in [1.29, 1.82) is 0 Å². The highest BCUT2D eigenvalue weighted by Gasteiger charge is 2.32. The number of carbonyl (C=O) groups excluding carboxylic acids is 2. The van der Waals surface area contributed by atoms with Crippen molar-refractivity contribution in [3.05, 3.63) is 59.2 Å². The number of nitrogen functional groups attached to an aromatic ring is 1. The summed E-state index contributed by atoms with van der Waals surface area (Å²) >= 11 is 0. The molecule has 0 aliphatic rings. The van der Waals surface area contributed by atoms with Gasteiger partial charge in [-0.3, -0.25) is 4.79 Å². The molecule has 0 radical (unpaired) electrons. The van der Waals surface area contributed by atoms with E-state index in [1.807, 2.05) is 0 Å². The minimum Gasteiger partial charge on any atom is -0.452 e. The molecular weight excluding hydrogens is 365 g/mol. The average molecular weight is 382 g/mol. The van der Waals surface area contributed by atoms with Crippen LogP contribution in [0, 0.1) is 6.92 Å². The van der Waals surface area contributed by atoms with E-state index in [4.69, 9.17) is 10.5 Å². The minimum atomic E-state index is -4.84. The molecule has 2 rings (SSSR count). The molecule has 0 aliphatic heterocycles. The van der Waals surface area contributed by atoms with Crippen molar-refractivity contribution in [3.63, 3.8) is 0 Å². The second-order valence-corrected chi connectivity index (χ2v) is 5.54. The number of rotatable bonds is 6. The summed E-state index contributed by atoms with van der Waals surface area (Å²) < 4.78 is 45.9. The first-order chi connectivity index (χ1) is 12.7. The summed E-state index contributed by atoms with van der Waals surface area (Å²) in [6, 6.07) is 10.2. The van der Waals surface area contributed by atoms with Gasteiger partial charge in [-0.1, -0.05) is 30.3 Å². The first kappa shape index (κ1) is 20.1. The lowest BCUT2D eigenvalue weighted by molar-refractivity contribution is -0.274. The predicted molar refractivity (Wildman–Crippen MR) is 90.8 cm³/mol. The van der Waals surface area contributed by atoms with Crippen LogP contribution in [-0.4, -0.2) is 24.8 Å². The zero-order chi connectivity index (χ0) is 20.0. The number of hydrogen-bond donors (Lipinski definition) is 2. The predicted octanol–water partition coefficient (Wildman–Crippen LogP) is 2.95. The van der Waals surface area contributed by atoms with Crippen LogP contribution in [0.25, 0.3) is 0 Å². The third-order valence-electron chi connectivity index (χ3n) is 3.55. The van der Waals surface area contributed by atoms with E-state index in [0.717, 1.165) is 6.07 Å². The highest BCUT2D eigenvalue weighted by molar-refractivity contribution is 5.96. The molecule has 0 heterocycles. The lowest BCUT2D eigenvalue weighted by Gasteiger charge is -2.13. The number of nitrogens with two attached hydrogens (primary N) is 1. The third-order valence-corrected chi connectivity index (χ3v) is 3.55. The van der Waals surface area contributed by atoms with E-state index in [-0.39, 0.29) is 23.4 Å². The Morgan fingerprint density at radius 1 is 1.11 bits per heavy atom. The Bertz CT molecular complexity index is 838. The van der Waals surface area contributed by atoms with Gasteiger partial charge in [0.2, 0.25) is 0 Å². The van der Waals surface area contributed by atoms with E-state index < -0.39 is 30.6 Å². The summed E-state index contributed by atoms with van der Waals surface area (Å²) in [5, 5.41) is 2.36. The van der Waals surface area contributed by atoms with Gasteiger partial charge >= 0.3 is 12.3 Å². The van der Waals surface area contributed by atoms with Crippen molar-refractivity contribution in [2.24, 2.45) is 0 Å². The van der Waals surface area contributed by atoms with E-state index in [0.29, 0.717) is 5.56 Å². The van der Waals surface area contributed by atoms with Crippen molar-refractivity contribution >= 4 is 17.6 Å². The minimum absolute atomic E-state index is 0.123. The molecule has 0 spiro atoms. The van der Waals surface area contributed by atoms with Crippen LogP contribution in [0.2, 0.25) is 0 Å². The molecule has 9 heteroatoms. The maximum atomic E-state index is 12.4. The Balaban J connectivity index is 1.90. The van der Waals surface area contributed by atoms with Gasteiger partial charge in [-0.25, -0.2) is 4.79 Å². The zero-order valence-electron chi connectivity index (χ0n) is 14.3. The second kappa shape index (κ2) is 8.43. The largest absolute Gasteiger partial charge is 0.573 e. The fraction of sp³-hybridized carbons (Fsp3) is 0.222. The summed E-state index contributed by atoms with van der Waals surface area (Å²) in [5.41, 5.74) is 6.98. The standard InChI is InChI=1S/C18H17F3N2O4/c1-11-5-4-7-13(16(11)22)17(25)26-10-15(24)23-9-12-6-2-3-8-14(12)27-18(19,20)21/h2-8H,9-10,22H2,1H3,(H,23,24). The lowest BCUT2D eigenvalue weighted by atomic mass is 10.1. The molecule has 0 fully saturated rings. The number of alkyl halides is 3. The monoisotopic (exact) mass is 382 g/mol. The number of anilines is 1. The highest BCUT2D eigenvalue weighted by Crippen LogP contribution is 2.26. The van der Waals surface area contributed by atoms with E-state index in [1.165, 1.54) is 24.3 Å². The van der Waals surface area contributed by atoms with Crippen molar-refractivity contribution in [3.8, 4) is 5.75 Å². The van der Waals surface area contributed by atoms with Crippen LogP contribution in [0.15, 0.2) is 42.5 Å². The summed E-state index contributed by atoms with van der Waals surface area (Å²) in [6.07, 6.45) is -4.84. The molecule has 2 aromatic carbocycles. The van der Waals surface area contributed by atoms with Gasteiger partial charge in [0.1, 0.15) is 5.75 Å². The normalized spacial score (nSPS) is 11.0. The first-order valence-corrected chi connectivity index (χ1v) is 7.80.